The molecule has 4 saturated carbocycles. The Bertz CT molecular complexity index is 1190. The number of Topliss-reactive ketones (excluding diaryl/α,β-unsaturated/α-hetero) is 1. The molecule has 0 atom stereocenters. The number of aromatic nitrogens is 2. The summed E-state index contributed by atoms with van der Waals surface area (Å²) in [6.07, 6.45) is 9.03. The fourth-order valence-electron chi connectivity index (χ4n) is 6.69. The molecule has 6 heteroatoms. The zero-order valence-corrected chi connectivity index (χ0v) is 18.7. The summed E-state index contributed by atoms with van der Waals surface area (Å²) < 4.78 is 5.49. The van der Waals surface area contributed by atoms with Crippen molar-refractivity contribution in [2.24, 2.45) is 17.8 Å². The van der Waals surface area contributed by atoms with Crippen LogP contribution in [0.2, 0.25) is 0 Å². The molecule has 168 valence electrons. The van der Waals surface area contributed by atoms with E-state index in [0.717, 1.165) is 53.8 Å². The summed E-state index contributed by atoms with van der Waals surface area (Å²) in [4.78, 5) is 29.2. The number of rotatable bonds is 5. The third kappa shape index (κ3) is 3.77. The largest absolute Gasteiger partial charge is 0.355 e. The number of hydrogen-bond donors (Lipinski definition) is 1. The molecule has 4 aliphatic carbocycles. The van der Waals surface area contributed by atoms with Gasteiger partial charge in [-0.2, -0.15) is 0 Å². The predicted molar refractivity (Wildman–Crippen MR) is 124 cm³/mol. The minimum Gasteiger partial charge on any atom is -0.355 e. The van der Waals surface area contributed by atoms with Crippen molar-refractivity contribution >= 4 is 11.7 Å². The standard InChI is InChI=1S/C27H27N3O3/c1-16(31)20-3-2-4-21(10-20)23-6-5-22(15-28-23)25-11-24(30-33-25)26(32)29-27-12-17-7-18(13-27)9-19(8-17)14-27/h2-6,10-11,15,17-19H,7-9,12-14H2,1H3,(H,29,32). The Balaban J connectivity index is 1.18. The number of amides is 1. The van der Waals surface area contributed by atoms with Gasteiger partial charge in [0.1, 0.15) is 0 Å². The highest BCUT2D eigenvalue weighted by molar-refractivity contribution is 5.95. The number of pyridine rings is 1. The third-order valence-electron chi connectivity index (χ3n) is 7.77. The van der Waals surface area contributed by atoms with Gasteiger partial charge in [-0.1, -0.05) is 23.4 Å². The van der Waals surface area contributed by atoms with E-state index in [1.165, 1.54) is 19.3 Å². The summed E-state index contributed by atoms with van der Waals surface area (Å²) in [7, 11) is 0. The van der Waals surface area contributed by atoms with E-state index in [-0.39, 0.29) is 17.2 Å². The minimum absolute atomic E-state index is 0.0227. The van der Waals surface area contributed by atoms with E-state index in [4.69, 9.17) is 4.52 Å². The van der Waals surface area contributed by atoms with E-state index in [2.05, 4.69) is 15.5 Å². The molecule has 2 heterocycles. The van der Waals surface area contributed by atoms with Crippen LogP contribution in [0.15, 0.2) is 53.2 Å². The van der Waals surface area contributed by atoms with Crippen molar-refractivity contribution < 1.29 is 14.1 Å². The second-order valence-electron chi connectivity index (χ2n) is 10.3. The van der Waals surface area contributed by atoms with Crippen molar-refractivity contribution in [3.05, 3.63) is 59.9 Å². The number of ketones is 1. The molecule has 7 rings (SSSR count). The molecule has 4 bridgehead atoms. The Kier molecular flexibility index (Phi) is 4.71. The first-order valence-corrected chi connectivity index (χ1v) is 11.8. The van der Waals surface area contributed by atoms with E-state index in [1.807, 2.05) is 30.3 Å². The van der Waals surface area contributed by atoms with Crippen LogP contribution in [0.5, 0.6) is 0 Å². The molecule has 6 nitrogen and oxygen atoms in total. The fraction of sp³-hybridized carbons (Fsp3) is 0.407. The fourth-order valence-corrected chi connectivity index (χ4v) is 6.69. The maximum absolute atomic E-state index is 13.0. The summed E-state index contributed by atoms with van der Waals surface area (Å²) in [6.45, 7) is 1.55. The van der Waals surface area contributed by atoms with Crippen LogP contribution in [0.3, 0.4) is 0 Å². The Morgan fingerprint density at radius 3 is 2.33 bits per heavy atom. The van der Waals surface area contributed by atoms with E-state index in [1.54, 1.807) is 25.3 Å². The average Bonchev–Trinajstić information content (AvgIpc) is 3.29. The number of carbonyl (C=O) groups is 2. The van der Waals surface area contributed by atoms with Crippen LogP contribution in [0.25, 0.3) is 22.6 Å². The lowest BCUT2D eigenvalue weighted by molar-refractivity contribution is -0.0168. The maximum atomic E-state index is 13.0. The van der Waals surface area contributed by atoms with Gasteiger partial charge in [-0.15, -0.1) is 0 Å². The van der Waals surface area contributed by atoms with E-state index >= 15 is 0 Å². The van der Waals surface area contributed by atoms with Crippen LogP contribution >= 0.6 is 0 Å². The zero-order chi connectivity index (χ0) is 22.6. The topological polar surface area (TPSA) is 85.1 Å². The Morgan fingerprint density at radius 1 is 0.970 bits per heavy atom. The first-order chi connectivity index (χ1) is 16.0. The molecule has 0 radical (unpaired) electrons. The minimum atomic E-state index is -0.141. The molecule has 3 aromatic rings. The van der Waals surface area contributed by atoms with Gasteiger partial charge in [-0.05, 0) is 81.4 Å². The number of benzene rings is 1. The highest BCUT2D eigenvalue weighted by Gasteiger charge is 2.51. The van der Waals surface area contributed by atoms with Crippen LogP contribution in [0.1, 0.15) is 66.3 Å². The number of carbonyl (C=O) groups excluding carboxylic acids is 2. The van der Waals surface area contributed by atoms with E-state index in [9.17, 15) is 9.59 Å². The smallest absolute Gasteiger partial charge is 0.273 e. The van der Waals surface area contributed by atoms with Gasteiger partial charge in [0.2, 0.25) is 0 Å². The third-order valence-corrected chi connectivity index (χ3v) is 7.77. The Labute approximate surface area is 192 Å². The van der Waals surface area contributed by atoms with Crippen molar-refractivity contribution in [3.63, 3.8) is 0 Å². The molecule has 2 aromatic heterocycles. The van der Waals surface area contributed by atoms with Crippen LogP contribution in [-0.2, 0) is 0 Å². The molecular formula is C27H27N3O3. The lowest BCUT2D eigenvalue weighted by Gasteiger charge is -2.56. The molecule has 0 saturated heterocycles. The highest BCUT2D eigenvalue weighted by Crippen LogP contribution is 2.55. The van der Waals surface area contributed by atoms with Crippen LogP contribution < -0.4 is 5.32 Å². The summed E-state index contributed by atoms with van der Waals surface area (Å²) in [5.41, 5.74) is 3.32. The van der Waals surface area contributed by atoms with Gasteiger partial charge in [0.15, 0.2) is 17.2 Å². The molecule has 4 aliphatic rings. The number of nitrogens with zero attached hydrogens (tertiary/aromatic N) is 2. The summed E-state index contributed by atoms with van der Waals surface area (Å²) >= 11 is 0. The molecule has 1 aromatic carbocycles. The summed E-state index contributed by atoms with van der Waals surface area (Å²) in [6, 6.07) is 12.9. The average molecular weight is 442 g/mol. The first kappa shape index (κ1) is 20.3. The highest BCUT2D eigenvalue weighted by atomic mass is 16.5. The van der Waals surface area contributed by atoms with Crippen molar-refractivity contribution in [2.45, 2.75) is 51.0 Å². The van der Waals surface area contributed by atoms with Gasteiger partial charge in [0, 0.05) is 34.5 Å². The molecule has 33 heavy (non-hydrogen) atoms. The lowest BCUT2D eigenvalue weighted by atomic mass is 9.53. The molecule has 4 fully saturated rings. The van der Waals surface area contributed by atoms with Crippen LogP contribution in [0, 0.1) is 17.8 Å². The van der Waals surface area contributed by atoms with E-state index < -0.39 is 0 Å². The van der Waals surface area contributed by atoms with Crippen LogP contribution in [-0.4, -0.2) is 27.4 Å². The Hall–Kier alpha value is -3.28. The summed E-state index contributed by atoms with van der Waals surface area (Å²) in [5, 5.41) is 7.40. The number of nitrogens with one attached hydrogen (secondary N) is 1. The number of hydrogen-bond acceptors (Lipinski definition) is 5. The second-order valence-corrected chi connectivity index (χ2v) is 10.3. The maximum Gasteiger partial charge on any atom is 0.273 e. The quantitative estimate of drug-likeness (QED) is 0.543. The first-order valence-electron chi connectivity index (χ1n) is 11.8. The molecule has 0 aliphatic heterocycles. The van der Waals surface area contributed by atoms with Crippen molar-refractivity contribution in [2.75, 3.05) is 0 Å². The molecule has 0 unspecified atom stereocenters. The van der Waals surface area contributed by atoms with Gasteiger partial charge in [0.05, 0.1) is 5.69 Å². The predicted octanol–water partition coefficient (Wildman–Crippen LogP) is 5.30. The lowest BCUT2D eigenvalue weighted by Crippen LogP contribution is -2.59. The Morgan fingerprint density at radius 2 is 1.70 bits per heavy atom. The second kappa shape index (κ2) is 7.65. The zero-order valence-electron chi connectivity index (χ0n) is 18.7. The molecule has 1 N–H and O–H groups in total. The monoisotopic (exact) mass is 441 g/mol. The van der Waals surface area contributed by atoms with E-state index in [0.29, 0.717) is 17.0 Å². The summed E-state index contributed by atoms with van der Waals surface area (Å²) in [5.74, 6) is 2.70. The van der Waals surface area contributed by atoms with Crippen molar-refractivity contribution in [1.82, 2.24) is 15.5 Å². The van der Waals surface area contributed by atoms with Gasteiger partial charge >= 0.3 is 0 Å². The van der Waals surface area contributed by atoms with Gasteiger partial charge in [0.25, 0.3) is 5.91 Å². The van der Waals surface area contributed by atoms with Gasteiger partial charge in [-0.3, -0.25) is 14.6 Å². The van der Waals surface area contributed by atoms with Crippen molar-refractivity contribution in [3.8, 4) is 22.6 Å². The molecule has 0 spiro atoms. The van der Waals surface area contributed by atoms with Crippen LogP contribution in [0.4, 0.5) is 0 Å². The van der Waals surface area contributed by atoms with Gasteiger partial charge in [-0.25, -0.2) is 0 Å². The SMILES string of the molecule is CC(=O)c1cccc(-c2ccc(-c3cc(C(=O)NC45CC6CC(CC(C6)C4)C5)no3)cn2)c1. The molecule has 1 amide bonds. The normalized spacial score (nSPS) is 27.5. The molecular weight excluding hydrogens is 414 g/mol. The van der Waals surface area contributed by atoms with Crippen molar-refractivity contribution in [1.29, 1.82) is 0 Å². The van der Waals surface area contributed by atoms with Gasteiger partial charge < -0.3 is 9.84 Å².